The molecule has 0 fully saturated rings. The Morgan fingerprint density at radius 3 is 2.50 bits per heavy atom. The van der Waals surface area contributed by atoms with Gasteiger partial charge in [-0.1, -0.05) is 0 Å². The van der Waals surface area contributed by atoms with Gasteiger partial charge in [-0.2, -0.15) is 0 Å². The van der Waals surface area contributed by atoms with E-state index in [9.17, 15) is 9.59 Å². The summed E-state index contributed by atoms with van der Waals surface area (Å²) in [7, 11) is 0. The van der Waals surface area contributed by atoms with Crippen LogP contribution in [0, 0.1) is 0 Å². The van der Waals surface area contributed by atoms with Crippen molar-refractivity contribution in [1.82, 2.24) is 4.90 Å². The number of halogens is 1. The number of rotatable bonds is 1. The molecule has 0 unspecified atom stereocenters. The molecular weight excluding hydrogens is 360 g/mol. The van der Waals surface area contributed by atoms with Crippen LogP contribution >= 0.6 is 11.6 Å². The van der Waals surface area contributed by atoms with Gasteiger partial charge in [-0.3, -0.25) is 0 Å². The molecule has 0 bridgehead atoms. The van der Waals surface area contributed by atoms with E-state index in [1.165, 1.54) is 3.58 Å². The quantitative estimate of drug-likeness (QED) is 0.769. The second-order valence-electron chi connectivity index (χ2n) is 5.37. The van der Waals surface area contributed by atoms with Gasteiger partial charge >= 0.3 is 115 Å². The summed E-state index contributed by atoms with van der Waals surface area (Å²) in [4.78, 5) is 30.6. The fourth-order valence-electron chi connectivity index (χ4n) is 2.24. The van der Waals surface area contributed by atoms with Crippen molar-refractivity contribution >= 4 is 45.6 Å². The molecular formula is C12H14ClNO3Sn. The van der Waals surface area contributed by atoms with Crippen LogP contribution in [-0.4, -0.2) is 40.4 Å². The number of carbonyl (C=O) groups is 2. The predicted molar refractivity (Wildman–Crippen MR) is 72.3 cm³/mol. The number of nitrogens with zero attached hydrogens (tertiary/aromatic N) is 1. The van der Waals surface area contributed by atoms with Gasteiger partial charge in [0, 0.05) is 0 Å². The topological polar surface area (TPSA) is 57.6 Å². The van der Waals surface area contributed by atoms with Crippen LogP contribution in [0.2, 0.25) is 19.8 Å². The van der Waals surface area contributed by atoms with Gasteiger partial charge in [0.15, 0.2) is 0 Å². The second kappa shape index (κ2) is 4.42. The van der Waals surface area contributed by atoms with Crippen LogP contribution in [0.3, 0.4) is 0 Å². The van der Waals surface area contributed by atoms with E-state index in [0.717, 1.165) is 10.5 Å². The second-order valence-corrected chi connectivity index (χ2v) is 20.2. The Morgan fingerprint density at radius 1 is 1.39 bits per heavy atom. The molecule has 1 aromatic rings. The molecule has 6 heteroatoms. The third kappa shape index (κ3) is 2.12. The molecule has 2 amide bonds. The van der Waals surface area contributed by atoms with Gasteiger partial charge in [-0.05, 0) is 0 Å². The molecule has 0 aliphatic carbocycles. The number of fused-ring (bicyclic) bond motifs is 1. The number of amides is 2. The molecule has 0 saturated heterocycles. The third-order valence-electron chi connectivity index (χ3n) is 3.08. The Balaban J connectivity index is 2.64. The Morgan fingerprint density at radius 2 is 2.00 bits per heavy atom. The molecule has 4 nitrogen and oxygen atoms in total. The fraction of sp³-hybridized carbons (Fsp3) is 0.333. The van der Waals surface area contributed by atoms with E-state index in [0.29, 0.717) is 10.6 Å². The molecule has 96 valence electrons. The normalized spacial score (nSPS) is 14.9. The van der Waals surface area contributed by atoms with Crippen LogP contribution in [0.4, 0.5) is 4.79 Å². The molecule has 1 N–H and O–H groups in total. The van der Waals surface area contributed by atoms with Crippen LogP contribution < -0.4 is 3.58 Å². The van der Waals surface area contributed by atoms with Crippen molar-refractivity contribution in [3.63, 3.8) is 0 Å². The zero-order valence-corrected chi connectivity index (χ0v) is 14.1. The van der Waals surface area contributed by atoms with Crippen LogP contribution in [0.15, 0.2) is 12.1 Å². The summed E-state index contributed by atoms with van der Waals surface area (Å²) in [6.45, 7) is 0.133. The average molecular weight is 374 g/mol. The van der Waals surface area contributed by atoms with Crippen molar-refractivity contribution in [2.75, 3.05) is 0 Å². The van der Waals surface area contributed by atoms with Crippen LogP contribution in [0.1, 0.15) is 15.9 Å². The van der Waals surface area contributed by atoms with Crippen LogP contribution in [0.5, 0.6) is 0 Å². The minimum atomic E-state index is -2.39. The Labute approximate surface area is 114 Å². The molecule has 2 rings (SSSR count). The van der Waals surface area contributed by atoms with E-state index >= 15 is 0 Å². The summed E-state index contributed by atoms with van der Waals surface area (Å²) in [6.07, 6.45) is -1.22. The summed E-state index contributed by atoms with van der Waals surface area (Å²) in [5, 5.41) is 9.36. The zero-order valence-electron chi connectivity index (χ0n) is 10.5. The molecule has 1 heterocycles. The number of carbonyl (C=O) groups excluding carboxylic acids is 1. The summed E-state index contributed by atoms with van der Waals surface area (Å²) >= 11 is 3.65. The van der Waals surface area contributed by atoms with Gasteiger partial charge in [-0.25, -0.2) is 0 Å². The van der Waals surface area contributed by atoms with E-state index in [4.69, 9.17) is 16.7 Å². The first-order chi connectivity index (χ1) is 8.23. The van der Waals surface area contributed by atoms with E-state index in [1.54, 1.807) is 6.07 Å². The van der Waals surface area contributed by atoms with Gasteiger partial charge in [0.05, 0.1) is 0 Å². The molecule has 0 aromatic heterocycles. The molecule has 1 aromatic carbocycles. The SMILES string of the molecule is [CH3][Sn]([CH3])([CH3])[c]1ccc(Cl)c2c1CN(C(=O)O)C2=O. The summed E-state index contributed by atoms with van der Waals surface area (Å²) in [5.74, 6) is -0.500. The van der Waals surface area contributed by atoms with E-state index in [2.05, 4.69) is 14.8 Å². The number of hydrogen-bond donors (Lipinski definition) is 1. The van der Waals surface area contributed by atoms with Crippen molar-refractivity contribution < 1.29 is 14.7 Å². The average Bonchev–Trinajstić information content (AvgIpc) is 2.56. The van der Waals surface area contributed by atoms with Crippen molar-refractivity contribution in [2.45, 2.75) is 21.4 Å². The molecule has 0 spiro atoms. The standard InChI is InChI=1S/C9H5ClNO3.3CH3.Sn/c10-6-3-1-2-5-4-11(9(13)14)8(12)7(5)6;;;;/h1,3H,4H2,(H,13,14);3*1H3;. The monoisotopic (exact) mass is 375 g/mol. The number of benzene rings is 1. The fourth-order valence-corrected chi connectivity index (χ4v) is 7.33. The first kappa shape index (κ1) is 13.7. The molecule has 0 radical (unpaired) electrons. The van der Waals surface area contributed by atoms with Gasteiger partial charge in [-0.15, -0.1) is 0 Å². The first-order valence-electron chi connectivity index (χ1n) is 5.60. The first-order valence-corrected chi connectivity index (χ1v) is 16.0. The Kier molecular flexibility index (Phi) is 3.36. The summed E-state index contributed by atoms with van der Waals surface area (Å²) in [6, 6.07) is 3.66. The van der Waals surface area contributed by atoms with Gasteiger partial charge in [0.2, 0.25) is 0 Å². The molecule has 0 saturated carbocycles. The maximum atomic E-state index is 12.0. The predicted octanol–water partition coefficient (Wildman–Crippen LogP) is 2.52. The van der Waals surface area contributed by atoms with Crippen molar-refractivity contribution in [3.8, 4) is 0 Å². The minimum absolute atomic E-state index is 0.133. The molecule has 1 aliphatic rings. The van der Waals surface area contributed by atoms with E-state index in [1.807, 2.05) is 6.07 Å². The van der Waals surface area contributed by atoms with E-state index < -0.39 is 30.4 Å². The Bertz CT molecular complexity index is 551. The number of imide groups is 1. The van der Waals surface area contributed by atoms with Gasteiger partial charge in [0.1, 0.15) is 0 Å². The van der Waals surface area contributed by atoms with Crippen LogP contribution in [0.25, 0.3) is 0 Å². The molecule has 1 aliphatic heterocycles. The number of carboxylic acid groups (broad SMARTS) is 1. The summed E-state index contributed by atoms with van der Waals surface area (Å²) < 4.78 is 1.17. The van der Waals surface area contributed by atoms with Crippen molar-refractivity contribution in [3.05, 3.63) is 28.3 Å². The molecule has 18 heavy (non-hydrogen) atoms. The van der Waals surface area contributed by atoms with Crippen LogP contribution in [-0.2, 0) is 6.54 Å². The van der Waals surface area contributed by atoms with Crippen molar-refractivity contribution in [2.24, 2.45) is 0 Å². The third-order valence-corrected chi connectivity index (χ3v) is 9.34. The molecule has 0 atom stereocenters. The maximum absolute atomic E-state index is 12.0. The van der Waals surface area contributed by atoms with E-state index in [-0.39, 0.29) is 6.54 Å². The van der Waals surface area contributed by atoms with Gasteiger partial charge in [0.25, 0.3) is 0 Å². The van der Waals surface area contributed by atoms with Crippen molar-refractivity contribution in [1.29, 1.82) is 0 Å². The van der Waals surface area contributed by atoms with Gasteiger partial charge < -0.3 is 0 Å². The Hall–Kier alpha value is -0.751. The zero-order chi connectivity index (χ0) is 13.7. The summed E-state index contributed by atoms with van der Waals surface area (Å²) in [5.41, 5.74) is 1.20. The number of hydrogen-bond acceptors (Lipinski definition) is 2.